The van der Waals surface area contributed by atoms with Crippen LogP contribution in [-0.4, -0.2) is 40.6 Å². The molecule has 0 bridgehead atoms. The molecule has 1 aromatic rings. The van der Waals surface area contributed by atoms with Crippen molar-refractivity contribution in [2.75, 3.05) is 6.61 Å². The molecule has 0 radical (unpaired) electrons. The van der Waals surface area contributed by atoms with E-state index in [0.29, 0.717) is 12.8 Å². The van der Waals surface area contributed by atoms with Crippen LogP contribution in [0.3, 0.4) is 0 Å². The van der Waals surface area contributed by atoms with Gasteiger partial charge in [-0.1, -0.05) is 0 Å². The molecule has 0 spiro atoms. The van der Waals surface area contributed by atoms with Crippen LogP contribution in [-0.2, 0) is 37.8 Å². The molecule has 1 aliphatic rings. The fraction of sp³-hybridized carbons (Fsp3) is 0.529. The minimum atomic E-state index is -5.17. The molecule has 0 amide bonds. The van der Waals surface area contributed by atoms with Crippen molar-refractivity contribution in [2.24, 2.45) is 0 Å². The number of carboxylic acid groups (broad SMARTS) is 2. The predicted octanol–water partition coefficient (Wildman–Crippen LogP) is 3.72. The molecule has 1 aromatic carbocycles. The van der Waals surface area contributed by atoms with E-state index in [-0.39, 0.29) is 31.2 Å². The topological polar surface area (TPSA) is 93.1 Å². The van der Waals surface area contributed by atoms with Crippen molar-refractivity contribution >= 4 is 11.9 Å². The molecule has 1 heterocycles. The van der Waals surface area contributed by atoms with Crippen LogP contribution in [0.4, 0.5) is 26.3 Å². The zero-order valence-electron chi connectivity index (χ0n) is 14.6. The summed E-state index contributed by atoms with van der Waals surface area (Å²) in [5.74, 6) is -4.16. The largest absolute Gasteiger partial charge is 0.479 e. The van der Waals surface area contributed by atoms with Crippen LogP contribution in [0.15, 0.2) is 18.2 Å². The Morgan fingerprint density at radius 1 is 0.966 bits per heavy atom. The van der Waals surface area contributed by atoms with E-state index in [1.807, 2.05) is 0 Å². The second kappa shape index (κ2) is 8.19. The van der Waals surface area contributed by atoms with Crippen LogP contribution >= 0.6 is 0 Å². The van der Waals surface area contributed by atoms with E-state index in [1.54, 1.807) is 0 Å². The minimum absolute atomic E-state index is 0.124. The van der Waals surface area contributed by atoms with E-state index >= 15 is 0 Å². The Hall–Kier alpha value is -2.34. The Bertz CT molecular complexity index is 720. The molecule has 1 saturated heterocycles. The summed E-state index contributed by atoms with van der Waals surface area (Å²) in [6, 6.07) is 0.389. The summed E-state index contributed by atoms with van der Waals surface area (Å²) >= 11 is 0. The SMILES string of the molecule is O=C(O)C(Cc1cc(C(F)(F)F)cc(C(F)(F)F)c1)(OC1CCCCO1)C(=O)O. The van der Waals surface area contributed by atoms with Crippen molar-refractivity contribution in [3.63, 3.8) is 0 Å². The number of carboxylic acids is 2. The van der Waals surface area contributed by atoms with Crippen LogP contribution in [0.1, 0.15) is 36.0 Å². The van der Waals surface area contributed by atoms with Gasteiger partial charge in [0.25, 0.3) is 5.60 Å². The van der Waals surface area contributed by atoms with Gasteiger partial charge in [-0.15, -0.1) is 0 Å². The highest BCUT2D eigenvalue weighted by molar-refractivity contribution is 6.02. The van der Waals surface area contributed by atoms with E-state index < -0.39 is 59.3 Å². The van der Waals surface area contributed by atoms with Gasteiger partial charge in [-0.2, -0.15) is 26.3 Å². The fourth-order valence-electron chi connectivity index (χ4n) is 2.82. The summed E-state index contributed by atoms with van der Waals surface area (Å²) in [4.78, 5) is 23.4. The lowest BCUT2D eigenvalue weighted by Gasteiger charge is -2.32. The van der Waals surface area contributed by atoms with Crippen molar-refractivity contribution in [3.8, 4) is 0 Å². The summed E-state index contributed by atoms with van der Waals surface area (Å²) in [5, 5.41) is 18.9. The van der Waals surface area contributed by atoms with Crippen molar-refractivity contribution in [1.82, 2.24) is 0 Å². The zero-order chi connectivity index (χ0) is 22.0. The third kappa shape index (κ3) is 5.38. The molecule has 0 saturated carbocycles. The van der Waals surface area contributed by atoms with Gasteiger partial charge in [-0.25, -0.2) is 9.59 Å². The molecular weight excluding hydrogens is 414 g/mol. The maximum atomic E-state index is 13.0. The molecule has 2 N–H and O–H groups in total. The van der Waals surface area contributed by atoms with Gasteiger partial charge in [0, 0.05) is 13.0 Å². The van der Waals surface area contributed by atoms with Gasteiger partial charge in [-0.05, 0) is 43.0 Å². The lowest BCUT2D eigenvalue weighted by Crippen LogP contribution is -2.53. The maximum absolute atomic E-state index is 13.0. The van der Waals surface area contributed by atoms with Gasteiger partial charge in [-0.3, -0.25) is 0 Å². The Kier molecular flexibility index (Phi) is 6.48. The van der Waals surface area contributed by atoms with E-state index in [4.69, 9.17) is 9.47 Å². The molecule has 2 rings (SSSR count). The van der Waals surface area contributed by atoms with Crippen LogP contribution in [0.25, 0.3) is 0 Å². The van der Waals surface area contributed by atoms with Crippen molar-refractivity contribution in [2.45, 2.75) is 49.9 Å². The van der Waals surface area contributed by atoms with Crippen molar-refractivity contribution in [3.05, 3.63) is 34.9 Å². The van der Waals surface area contributed by atoms with Gasteiger partial charge >= 0.3 is 24.3 Å². The molecule has 29 heavy (non-hydrogen) atoms. The Morgan fingerprint density at radius 2 is 1.48 bits per heavy atom. The predicted molar refractivity (Wildman–Crippen MR) is 82.8 cm³/mol. The molecule has 6 nitrogen and oxygen atoms in total. The summed E-state index contributed by atoms with van der Waals surface area (Å²) < 4.78 is 88.2. The lowest BCUT2D eigenvalue weighted by atomic mass is 9.91. The van der Waals surface area contributed by atoms with E-state index in [9.17, 15) is 46.1 Å². The first kappa shape index (κ1) is 22.9. The smallest absolute Gasteiger partial charge is 0.416 e. The zero-order valence-corrected chi connectivity index (χ0v) is 14.6. The number of hydrogen-bond donors (Lipinski definition) is 2. The Morgan fingerprint density at radius 3 is 1.86 bits per heavy atom. The number of hydrogen-bond acceptors (Lipinski definition) is 4. The normalized spacial score (nSPS) is 18.5. The van der Waals surface area contributed by atoms with Gasteiger partial charge in [0.15, 0.2) is 6.29 Å². The Balaban J connectivity index is 2.51. The third-order valence-corrected chi connectivity index (χ3v) is 4.26. The molecular formula is C17H16F6O6. The van der Waals surface area contributed by atoms with E-state index in [0.717, 1.165) is 0 Å². The summed E-state index contributed by atoms with van der Waals surface area (Å²) in [6.07, 6.45) is -11.6. The number of aliphatic carboxylic acids is 2. The second-order valence-corrected chi connectivity index (χ2v) is 6.44. The molecule has 162 valence electrons. The summed E-state index contributed by atoms with van der Waals surface area (Å²) in [5.41, 5.74) is -7.33. The number of halogens is 6. The molecule has 1 aliphatic heterocycles. The van der Waals surface area contributed by atoms with Crippen LogP contribution in [0, 0.1) is 0 Å². The molecule has 1 unspecified atom stereocenters. The summed E-state index contributed by atoms with van der Waals surface area (Å²) in [7, 11) is 0. The molecule has 1 atom stereocenters. The average Bonchev–Trinajstić information content (AvgIpc) is 2.59. The van der Waals surface area contributed by atoms with Crippen molar-refractivity contribution < 1.29 is 55.6 Å². The van der Waals surface area contributed by atoms with Crippen LogP contribution in [0.2, 0.25) is 0 Å². The lowest BCUT2D eigenvalue weighted by molar-refractivity contribution is -0.236. The highest BCUT2D eigenvalue weighted by Gasteiger charge is 2.51. The van der Waals surface area contributed by atoms with Crippen LogP contribution in [0.5, 0.6) is 0 Å². The van der Waals surface area contributed by atoms with Gasteiger partial charge in [0.1, 0.15) is 0 Å². The van der Waals surface area contributed by atoms with Gasteiger partial charge < -0.3 is 19.7 Å². The highest BCUT2D eigenvalue weighted by atomic mass is 19.4. The minimum Gasteiger partial charge on any atom is -0.479 e. The van der Waals surface area contributed by atoms with Gasteiger partial charge in [0.05, 0.1) is 11.1 Å². The molecule has 12 heteroatoms. The second-order valence-electron chi connectivity index (χ2n) is 6.44. The average molecular weight is 430 g/mol. The quantitative estimate of drug-likeness (QED) is 0.528. The van der Waals surface area contributed by atoms with E-state index in [1.165, 1.54) is 0 Å². The molecule has 1 fully saturated rings. The number of rotatable bonds is 6. The van der Waals surface area contributed by atoms with E-state index in [2.05, 4.69) is 0 Å². The first-order valence-electron chi connectivity index (χ1n) is 8.30. The van der Waals surface area contributed by atoms with Crippen molar-refractivity contribution in [1.29, 1.82) is 0 Å². The molecule has 0 aliphatic carbocycles. The summed E-state index contributed by atoms with van der Waals surface area (Å²) in [6.45, 7) is 0.141. The first-order valence-corrected chi connectivity index (χ1v) is 8.30. The maximum Gasteiger partial charge on any atom is 0.416 e. The number of ether oxygens (including phenoxy) is 2. The molecule has 0 aromatic heterocycles. The number of alkyl halides is 6. The third-order valence-electron chi connectivity index (χ3n) is 4.26. The Labute approximate surface area is 160 Å². The number of benzene rings is 1. The monoisotopic (exact) mass is 430 g/mol. The number of carbonyl (C=O) groups is 2. The highest BCUT2D eigenvalue weighted by Crippen LogP contribution is 2.37. The fourth-order valence-corrected chi connectivity index (χ4v) is 2.82. The van der Waals surface area contributed by atoms with Crippen LogP contribution < -0.4 is 0 Å². The first-order chi connectivity index (χ1) is 13.3. The van der Waals surface area contributed by atoms with Gasteiger partial charge in [0.2, 0.25) is 0 Å². The standard InChI is InChI=1S/C17H16F6O6/c18-16(19,20)10-5-9(6-11(7-10)17(21,22)23)8-15(13(24)25,14(26)27)29-12-3-1-2-4-28-12/h5-7,12H,1-4,8H2,(H,24,25)(H,26,27).